The fourth-order valence-corrected chi connectivity index (χ4v) is 2.82. The lowest BCUT2D eigenvalue weighted by Gasteiger charge is -2.14. The SMILES string of the molecule is CC.Cc1cc(Nc2cc(F)cc(OCc3ccccc3)c2Br)ccc1F. The van der Waals surface area contributed by atoms with Crippen LogP contribution in [0.3, 0.4) is 0 Å². The number of halogens is 3. The molecule has 0 saturated carbocycles. The first kappa shape index (κ1) is 20.9. The van der Waals surface area contributed by atoms with E-state index in [0.717, 1.165) is 5.56 Å². The molecule has 0 saturated heterocycles. The Bertz CT molecular complexity index is 885. The molecule has 0 aliphatic rings. The van der Waals surface area contributed by atoms with Crippen LogP contribution in [-0.2, 0) is 6.61 Å². The minimum Gasteiger partial charge on any atom is -0.488 e. The highest BCUT2D eigenvalue weighted by Crippen LogP contribution is 2.36. The van der Waals surface area contributed by atoms with E-state index in [1.807, 2.05) is 44.2 Å². The lowest BCUT2D eigenvalue weighted by atomic mass is 10.2. The van der Waals surface area contributed by atoms with Crippen LogP contribution in [0.5, 0.6) is 5.75 Å². The van der Waals surface area contributed by atoms with Crippen LogP contribution >= 0.6 is 15.9 Å². The Morgan fingerprint density at radius 2 is 1.67 bits per heavy atom. The van der Waals surface area contributed by atoms with Crippen molar-refractivity contribution in [1.82, 2.24) is 0 Å². The van der Waals surface area contributed by atoms with Gasteiger partial charge in [0, 0.05) is 11.8 Å². The van der Waals surface area contributed by atoms with E-state index in [9.17, 15) is 8.78 Å². The summed E-state index contributed by atoms with van der Waals surface area (Å²) in [6, 6.07) is 17.0. The van der Waals surface area contributed by atoms with Crippen LogP contribution in [0.4, 0.5) is 20.2 Å². The highest BCUT2D eigenvalue weighted by Gasteiger charge is 2.11. The number of rotatable bonds is 5. The van der Waals surface area contributed by atoms with Gasteiger partial charge in [0.25, 0.3) is 0 Å². The van der Waals surface area contributed by atoms with Gasteiger partial charge in [-0.25, -0.2) is 8.78 Å². The predicted octanol–water partition coefficient (Wildman–Crippen LogP) is 7.38. The second-order valence-corrected chi connectivity index (χ2v) is 6.42. The number of ether oxygens (including phenoxy) is 1. The Morgan fingerprint density at radius 3 is 2.33 bits per heavy atom. The second-order valence-electron chi connectivity index (χ2n) is 5.63. The molecule has 3 aromatic carbocycles. The van der Waals surface area contributed by atoms with E-state index in [1.165, 1.54) is 18.2 Å². The fraction of sp³-hybridized carbons (Fsp3) is 0.182. The number of aryl methyl sites for hydroxylation is 1. The van der Waals surface area contributed by atoms with Crippen LogP contribution in [0.25, 0.3) is 0 Å². The predicted molar refractivity (Wildman–Crippen MR) is 111 cm³/mol. The smallest absolute Gasteiger partial charge is 0.139 e. The molecule has 0 heterocycles. The van der Waals surface area contributed by atoms with Crippen molar-refractivity contribution in [2.75, 3.05) is 5.32 Å². The molecule has 142 valence electrons. The summed E-state index contributed by atoms with van der Waals surface area (Å²) in [4.78, 5) is 0. The first-order valence-corrected chi connectivity index (χ1v) is 9.51. The summed E-state index contributed by atoms with van der Waals surface area (Å²) in [5.74, 6) is -0.312. The summed E-state index contributed by atoms with van der Waals surface area (Å²) in [5.41, 5.74) is 2.67. The van der Waals surface area contributed by atoms with Gasteiger partial charge in [-0.3, -0.25) is 0 Å². The molecule has 0 aliphatic carbocycles. The van der Waals surface area contributed by atoms with Gasteiger partial charge in [-0.1, -0.05) is 44.2 Å². The van der Waals surface area contributed by atoms with Crippen molar-refractivity contribution < 1.29 is 13.5 Å². The van der Waals surface area contributed by atoms with Crippen molar-refractivity contribution in [2.24, 2.45) is 0 Å². The summed E-state index contributed by atoms with van der Waals surface area (Å²) in [6.07, 6.45) is 0. The van der Waals surface area contributed by atoms with E-state index < -0.39 is 5.82 Å². The lowest BCUT2D eigenvalue weighted by molar-refractivity contribution is 0.303. The van der Waals surface area contributed by atoms with Crippen molar-refractivity contribution in [3.8, 4) is 5.75 Å². The normalized spacial score (nSPS) is 10.0. The number of anilines is 2. The Kier molecular flexibility index (Phi) is 7.80. The zero-order valence-corrected chi connectivity index (χ0v) is 17.1. The van der Waals surface area contributed by atoms with Crippen LogP contribution < -0.4 is 10.1 Å². The molecule has 3 aromatic rings. The summed E-state index contributed by atoms with van der Waals surface area (Å²) in [7, 11) is 0. The number of hydrogen-bond donors (Lipinski definition) is 1. The van der Waals surface area contributed by atoms with E-state index in [4.69, 9.17) is 4.74 Å². The first-order chi connectivity index (χ1) is 13.0. The molecule has 1 N–H and O–H groups in total. The van der Waals surface area contributed by atoms with E-state index in [-0.39, 0.29) is 5.82 Å². The molecule has 0 aromatic heterocycles. The molecule has 0 radical (unpaired) electrons. The molecule has 2 nitrogen and oxygen atoms in total. The molecule has 3 rings (SSSR count). The highest BCUT2D eigenvalue weighted by molar-refractivity contribution is 9.10. The van der Waals surface area contributed by atoms with E-state index in [0.29, 0.717) is 33.8 Å². The van der Waals surface area contributed by atoms with Gasteiger partial charge in [-0.15, -0.1) is 0 Å². The maximum Gasteiger partial charge on any atom is 0.139 e. The molecule has 0 bridgehead atoms. The molecule has 0 fully saturated rings. The minimum absolute atomic E-state index is 0.282. The molecule has 0 aliphatic heterocycles. The zero-order valence-electron chi connectivity index (χ0n) is 15.5. The van der Waals surface area contributed by atoms with Crippen LogP contribution in [0, 0.1) is 18.6 Å². The average Bonchev–Trinajstić information content (AvgIpc) is 2.68. The van der Waals surface area contributed by atoms with E-state index >= 15 is 0 Å². The number of nitrogens with one attached hydrogen (secondary N) is 1. The van der Waals surface area contributed by atoms with Gasteiger partial charge in [0.2, 0.25) is 0 Å². The minimum atomic E-state index is -0.424. The summed E-state index contributed by atoms with van der Waals surface area (Å²) < 4.78 is 33.7. The molecule has 0 atom stereocenters. The summed E-state index contributed by atoms with van der Waals surface area (Å²) in [6.45, 7) is 6.01. The Labute approximate surface area is 167 Å². The standard InChI is InChI=1S/C20H16BrF2NO.C2H6/c1-13-9-16(7-8-17(13)23)24-18-10-15(22)11-19(20(18)21)25-12-14-5-3-2-4-6-14;1-2/h2-11,24H,12H2,1H3;1-2H3. The topological polar surface area (TPSA) is 21.3 Å². The van der Waals surface area contributed by atoms with E-state index in [2.05, 4.69) is 21.2 Å². The van der Waals surface area contributed by atoms with Gasteiger partial charge < -0.3 is 10.1 Å². The van der Waals surface area contributed by atoms with Gasteiger partial charge >= 0.3 is 0 Å². The second kappa shape index (κ2) is 10.1. The van der Waals surface area contributed by atoms with Crippen molar-refractivity contribution >= 4 is 27.3 Å². The van der Waals surface area contributed by atoms with E-state index in [1.54, 1.807) is 19.1 Å². The number of benzene rings is 3. The number of hydrogen-bond acceptors (Lipinski definition) is 2. The van der Waals surface area contributed by atoms with Crippen LogP contribution in [0.2, 0.25) is 0 Å². The molecule has 0 amide bonds. The average molecular weight is 434 g/mol. The molecular weight excluding hydrogens is 412 g/mol. The molecule has 5 heteroatoms. The van der Waals surface area contributed by atoms with Gasteiger partial charge in [0.05, 0.1) is 10.2 Å². The summed E-state index contributed by atoms with van der Waals surface area (Å²) >= 11 is 3.45. The van der Waals surface area contributed by atoms with Crippen LogP contribution in [0.15, 0.2) is 65.1 Å². The Hall–Kier alpha value is -2.40. The van der Waals surface area contributed by atoms with Gasteiger partial charge in [-0.2, -0.15) is 0 Å². The quantitative estimate of drug-likeness (QED) is 0.452. The first-order valence-electron chi connectivity index (χ1n) is 8.72. The van der Waals surface area contributed by atoms with Gasteiger partial charge in [0.1, 0.15) is 24.0 Å². The monoisotopic (exact) mass is 433 g/mol. The molecular formula is C22H22BrF2NO. The van der Waals surface area contributed by atoms with Crippen molar-refractivity contribution in [3.05, 3.63) is 87.9 Å². The maximum absolute atomic E-state index is 14.0. The third kappa shape index (κ3) is 5.79. The third-order valence-corrected chi connectivity index (χ3v) is 4.50. The molecule has 0 unspecified atom stereocenters. The Balaban J connectivity index is 0.00000126. The zero-order chi connectivity index (χ0) is 19.8. The van der Waals surface area contributed by atoms with Gasteiger partial charge in [-0.05, 0) is 58.2 Å². The van der Waals surface area contributed by atoms with Crippen LogP contribution in [0.1, 0.15) is 25.0 Å². The fourth-order valence-electron chi connectivity index (χ4n) is 2.37. The Morgan fingerprint density at radius 1 is 0.963 bits per heavy atom. The van der Waals surface area contributed by atoms with Crippen molar-refractivity contribution in [2.45, 2.75) is 27.4 Å². The largest absolute Gasteiger partial charge is 0.488 e. The lowest BCUT2D eigenvalue weighted by Crippen LogP contribution is -1.99. The van der Waals surface area contributed by atoms with Crippen LogP contribution in [-0.4, -0.2) is 0 Å². The van der Waals surface area contributed by atoms with Crippen molar-refractivity contribution in [3.63, 3.8) is 0 Å². The third-order valence-electron chi connectivity index (χ3n) is 3.68. The maximum atomic E-state index is 14.0. The van der Waals surface area contributed by atoms with Gasteiger partial charge in [0.15, 0.2) is 0 Å². The van der Waals surface area contributed by atoms with Crippen molar-refractivity contribution in [1.29, 1.82) is 0 Å². The highest BCUT2D eigenvalue weighted by atomic mass is 79.9. The summed E-state index contributed by atoms with van der Waals surface area (Å²) in [5, 5.41) is 3.09. The molecule has 27 heavy (non-hydrogen) atoms. The molecule has 0 spiro atoms.